The molecule has 1 aliphatic heterocycles. The molecule has 0 radical (unpaired) electrons. The maximum absolute atomic E-state index is 14.4. The zero-order valence-corrected chi connectivity index (χ0v) is 19.5. The lowest BCUT2D eigenvalue weighted by Gasteiger charge is -2.36. The van der Waals surface area contributed by atoms with Gasteiger partial charge in [0.1, 0.15) is 11.5 Å². The molecule has 37 heavy (non-hydrogen) atoms. The number of benzene rings is 2. The Kier molecular flexibility index (Phi) is 7.03. The quantitative estimate of drug-likeness (QED) is 0.290. The maximum atomic E-state index is 14.4. The van der Waals surface area contributed by atoms with Crippen LogP contribution in [-0.2, 0) is 12.7 Å². The fourth-order valence-electron chi connectivity index (χ4n) is 4.29. The van der Waals surface area contributed by atoms with E-state index in [1.54, 1.807) is 22.0 Å². The summed E-state index contributed by atoms with van der Waals surface area (Å²) in [6.45, 7) is 2.08. The molecule has 2 N–H and O–H groups in total. The monoisotopic (exact) mass is 522 g/mol. The van der Waals surface area contributed by atoms with Crippen LogP contribution in [0.4, 0.5) is 34.6 Å². The summed E-state index contributed by atoms with van der Waals surface area (Å²) in [5.74, 6) is -1.12. The lowest BCUT2D eigenvalue weighted by atomic mass is 10.1. The predicted molar refractivity (Wildman–Crippen MR) is 127 cm³/mol. The van der Waals surface area contributed by atoms with Crippen LogP contribution in [0.3, 0.4) is 0 Å². The van der Waals surface area contributed by atoms with Gasteiger partial charge in [-0.25, -0.2) is 14.2 Å². The third-order valence-electron chi connectivity index (χ3n) is 6.11. The number of hydrogen-bond donors (Lipinski definition) is 2. The Hall–Kier alpha value is -4.20. The molecule has 4 rings (SSSR count). The second-order valence-electron chi connectivity index (χ2n) is 8.44. The van der Waals surface area contributed by atoms with Crippen molar-refractivity contribution in [3.63, 3.8) is 0 Å². The summed E-state index contributed by atoms with van der Waals surface area (Å²) >= 11 is 0. The van der Waals surface area contributed by atoms with Gasteiger partial charge < -0.3 is 10.3 Å². The van der Waals surface area contributed by atoms with Crippen molar-refractivity contribution in [3.8, 4) is 0 Å². The van der Waals surface area contributed by atoms with Crippen molar-refractivity contribution in [1.82, 2.24) is 14.6 Å². The summed E-state index contributed by atoms with van der Waals surface area (Å²) in [7, 11) is 0. The number of hydrogen-bond acceptors (Lipinski definition) is 7. The van der Waals surface area contributed by atoms with Crippen molar-refractivity contribution in [3.05, 3.63) is 96.1 Å². The number of nitro benzene ring substituents is 1. The number of nitro groups is 1. The molecular weight excluding hydrogens is 500 g/mol. The third kappa shape index (κ3) is 5.48. The van der Waals surface area contributed by atoms with Crippen molar-refractivity contribution in [2.45, 2.75) is 19.6 Å². The highest BCUT2D eigenvalue weighted by atomic mass is 19.4. The first-order valence-corrected chi connectivity index (χ1v) is 11.1. The second kappa shape index (κ2) is 10.0. The first kappa shape index (κ1) is 25.9. The number of anilines is 2. The summed E-state index contributed by atoms with van der Waals surface area (Å²) in [6.07, 6.45) is -4.83. The van der Waals surface area contributed by atoms with E-state index in [1.807, 2.05) is 0 Å². The molecule has 1 aromatic heterocycles. The minimum absolute atomic E-state index is 0.0726. The molecule has 10 nitrogen and oxygen atoms in total. The molecule has 1 fully saturated rings. The number of rotatable bonds is 6. The van der Waals surface area contributed by atoms with E-state index in [-0.39, 0.29) is 17.1 Å². The standard InChI is InChI=1S/C23H22F4N6O4/c1-14-20(30-8-10-31(11-9-30)29-15-4-2-5-16(12-15)33(36)37)21(34)28-22(35)32(14)13-17-18(23(25,26)27)6-3-7-19(17)24/h2-7,12,29H,8-11,13H2,1H3,(H,28,34,35). The van der Waals surface area contributed by atoms with Gasteiger partial charge in [0.15, 0.2) is 0 Å². The lowest BCUT2D eigenvalue weighted by Crippen LogP contribution is -2.51. The van der Waals surface area contributed by atoms with Crippen LogP contribution >= 0.6 is 0 Å². The van der Waals surface area contributed by atoms with E-state index in [2.05, 4.69) is 10.4 Å². The summed E-state index contributed by atoms with van der Waals surface area (Å²) in [5, 5.41) is 12.8. The van der Waals surface area contributed by atoms with Gasteiger partial charge in [0.2, 0.25) is 0 Å². The summed E-state index contributed by atoms with van der Waals surface area (Å²) < 4.78 is 55.7. The molecule has 3 aromatic rings. The van der Waals surface area contributed by atoms with E-state index in [0.29, 0.717) is 31.9 Å². The molecule has 2 aromatic carbocycles. The van der Waals surface area contributed by atoms with Gasteiger partial charge >= 0.3 is 11.9 Å². The molecule has 2 heterocycles. The summed E-state index contributed by atoms with van der Waals surface area (Å²) in [5.41, 5.74) is 0.144. The van der Waals surface area contributed by atoms with E-state index in [1.165, 1.54) is 19.1 Å². The van der Waals surface area contributed by atoms with E-state index < -0.39 is 45.8 Å². The largest absolute Gasteiger partial charge is 0.416 e. The number of piperazine rings is 1. The van der Waals surface area contributed by atoms with E-state index >= 15 is 0 Å². The third-order valence-corrected chi connectivity index (χ3v) is 6.11. The number of aromatic nitrogens is 2. The summed E-state index contributed by atoms with van der Waals surface area (Å²) in [4.78, 5) is 39.5. The first-order chi connectivity index (χ1) is 17.5. The van der Waals surface area contributed by atoms with Gasteiger partial charge in [0.05, 0.1) is 22.7 Å². The van der Waals surface area contributed by atoms with Gasteiger partial charge in [-0.15, -0.1) is 0 Å². The highest BCUT2D eigenvalue weighted by Crippen LogP contribution is 2.33. The number of non-ortho nitro benzene ring substituents is 1. The molecule has 0 unspecified atom stereocenters. The smallest absolute Gasteiger partial charge is 0.363 e. The lowest BCUT2D eigenvalue weighted by molar-refractivity contribution is -0.384. The number of hydrazine groups is 1. The van der Waals surface area contributed by atoms with Gasteiger partial charge in [-0.3, -0.25) is 24.5 Å². The summed E-state index contributed by atoms with van der Waals surface area (Å²) in [6, 6.07) is 8.52. The highest BCUT2D eigenvalue weighted by Gasteiger charge is 2.35. The predicted octanol–water partition coefficient (Wildman–Crippen LogP) is 3.11. The first-order valence-electron chi connectivity index (χ1n) is 11.1. The molecule has 1 aliphatic rings. The van der Waals surface area contributed by atoms with Crippen LogP contribution in [0.15, 0.2) is 52.1 Å². The van der Waals surface area contributed by atoms with Crippen LogP contribution in [-0.4, -0.2) is 45.7 Å². The van der Waals surface area contributed by atoms with Crippen molar-refractivity contribution >= 4 is 17.1 Å². The minimum Gasteiger partial charge on any atom is -0.363 e. The van der Waals surface area contributed by atoms with Crippen molar-refractivity contribution in [1.29, 1.82) is 0 Å². The SMILES string of the molecule is Cc1c(N2CCN(Nc3cccc([N+](=O)[O-])c3)CC2)c(=O)[nH]c(=O)n1Cc1c(F)cccc1C(F)(F)F. The van der Waals surface area contributed by atoms with Crippen molar-refractivity contribution in [2.75, 3.05) is 36.5 Å². The number of aromatic amines is 1. The minimum atomic E-state index is -4.83. The van der Waals surface area contributed by atoms with Gasteiger partial charge in [-0.05, 0) is 25.1 Å². The van der Waals surface area contributed by atoms with E-state index in [9.17, 15) is 37.3 Å². The zero-order chi connectivity index (χ0) is 26.9. The second-order valence-corrected chi connectivity index (χ2v) is 8.44. The van der Waals surface area contributed by atoms with E-state index in [0.717, 1.165) is 22.8 Å². The zero-order valence-electron chi connectivity index (χ0n) is 19.5. The molecule has 0 saturated carbocycles. The van der Waals surface area contributed by atoms with Crippen molar-refractivity contribution in [2.24, 2.45) is 0 Å². The highest BCUT2D eigenvalue weighted by molar-refractivity contribution is 5.52. The van der Waals surface area contributed by atoms with Crippen molar-refractivity contribution < 1.29 is 22.5 Å². The number of H-pyrrole nitrogens is 1. The Bertz CT molecular complexity index is 1440. The van der Waals surface area contributed by atoms with Crippen LogP contribution in [0.25, 0.3) is 0 Å². The van der Waals surface area contributed by atoms with Gasteiger partial charge in [0.25, 0.3) is 11.2 Å². The van der Waals surface area contributed by atoms with Gasteiger partial charge in [-0.2, -0.15) is 13.2 Å². The Morgan fingerprint density at radius 1 is 1.08 bits per heavy atom. The fourth-order valence-corrected chi connectivity index (χ4v) is 4.29. The Morgan fingerprint density at radius 3 is 2.41 bits per heavy atom. The molecule has 0 spiro atoms. The maximum Gasteiger partial charge on any atom is 0.416 e. The Morgan fingerprint density at radius 2 is 1.76 bits per heavy atom. The fraction of sp³-hybridized carbons (Fsp3) is 0.304. The molecular formula is C23H22F4N6O4. The van der Waals surface area contributed by atoms with Crippen LogP contribution in [0.2, 0.25) is 0 Å². The number of nitrogens with one attached hydrogen (secondary N) is 2. The molecule has 0 aliphatic carbocycles. The molecule has 1 saturated heterocycles. The molecule has 14 heteroatoms. The number of alkyl halides is 3. The molecule has 196 valence electrons. The van der Waals surface area contributed by atoms with Crippen LogP contribution < -0.4 is 21.6 Å². The van der Waals surface area contributed by atoms with Gasteiger partial charge in [0, 0.05) is 49.6 Å². The van der Waals surface area contributed by atoms with Gasteiger partial charge in [-0.1, -0.05) is 12.1 Å². The Labute approximate surface area is 206 Å². The number of nitrogens with zero attached hydrogens (tertiary/aromatic N) is 4. The van der Waals surface area contributed by atoms with Crippen LogP contribution in [0.1, 0.15) is 16.8 Å². The van der Waals surface area contributed by atoms with E-state index in [4.69, 9.17) is 0 Å². The number of halogens is 4. The topological polar surface area (TPSA) is 117 Å². The molecule has 0 atom stereocenters. The molecule has 0 bridgehead atoms. The van der Waals surface area contributed by atoms with Crippen LogP contribution in [0.5, 0.6) is 0 Å². The average molecular weight is 522 g/mol. The molecule has 0 amide bonds. The normalized spacial score (nSPS) is 14.6. The van der Waals surface area contributed by atoms with Crippen LogP contribution in [0, 0.1) is 22.9 Å². The average Bonchev–Trinajstić information content (AvgIpc) is 2.83. The Balaban J connectivity index is 1.57.